The molecule has 2 N–H and O–H groups in total. The predicted octanol–water partition coefficient (Wildman–Crippen LogP) is 2.92. The maximum absolute atomic E-state index is 14.0. The standard InChI is InChI=1S/C28H27N3O5/c1-15-20(32)13-19(21-7-4-12-35-21)31-25(15)28-10-8-22(36-28)23(24(28)27(31)34)26(33)29-11-9-16-14-30-18-6-3-2-5-17(16)18/h2-8,10,12,14-15,19,22-25,30H,9,11,13H2,1H3,(H,29,33)/t15-,19-,22+,23-,24+,25+,28+/m1/s1. The van der Waals surface area contributed by atoms with Gasteiger partial charge in [0.25, 0.3) is 0 Å². The monoisotopic (exact) mass is 485 g/mol. The highest BCUT2D eigenvalue weighted by Gasteiger charge is 2.74. The topological polar surface area (TPSA) is 105 Å². The summed E-state index contributed by atoms with van der Waals surface area (Å²) in [7, 11) is 0. The van der Waals surface area contributed by atoms with Gasteiger partial charge in [0.15, 0.2) is 0 Å². The Hall–Kier alpha value is -3.65. The van der Waals surface area contributed by atoms with Crippen molar-refractivity contribution >= 4 is 28.5 Å². The van der Waals surface area contributed by atoms with E-state index in [0.717, 1.165) is 16.5 Å². The highest BCUT2D eigenvalue weighted by molar-refractivity contribution is 5.96. The maximum atomic E-state index is 14.0. The molecule has 0 saturated carbocycles. The van der Waals surface area contributed by atoms with Crippen LogP contribution in [0, 0.1) is 17.8 Å². The van der Waals surface area contributed by atoms with Gasteiger partial charge in [0.2, 0.25) is 11.8 Å². The zero-order valence-electron chi connectivity index (χ0n) is 19.8. The third kappa shape index (κ3) is 2.82. The van der Waals surface area contributed by atoms with Crippen molar-refractivity contribution in [1.29, 1.82) is 0 Å². The fourth-order valence-electron chi connectivity index (χ4n) is 7.04. The van der Waals surface area contributed by atoms with Crippen LogP contribution >= 0.6 is 0 Å². The van der Waals surface area contributed by atoms with Gasteiger partial charge in [0.05, 0.1) is 36.3 Å². The van der Waals surface area contributed by atoms with Gasteiger partial charge < -0.3 is 24.4 Å². The lowest BCUT2D eigenvalue weighted by Crippen LogP contribution is -2.55. The van der Waals surface area contributed by atoms with E-state index >= 15 is 0 Å². The number of hydrogen-bond donors (Lipinski definition) is 2. The Morgan fingerprint density at radius 3 is 2.92 bits per heavy atom. The molecule has 7 rings (SSSR count). The van der Waals surface area contributed by atoms with Crippen LogP contribution in [0.3, 0.4) is 0 Å². The molecule has 4 aliphatic heterocycles. The summed E-state index contributed by atoms with van der Waals surface area (Å²) < 4.78 is 12.0. The molecule has 8 nitrogen and oxygen atoms in total. The van der Waals surface area contributed by atoms with Crippen LogP contribution < -0.4 is 5.32 Å². The number of aromatic amines is 1. The second kappa shape index (κ2) is 7.67. The van der Waals surface area contributed by atoms with E-state index < -0.39 is 41.5 Å². The van der Waals surface area contributed by atoms with Crippen LogP contribution in [0.15, 0.2) is 65.4 Å². The van der Waals surface area contributed by atoms with Crippen LogP contribution in [-0.2, 0) is 25.5 Å². The van der Waals surface area contributed by atoms with Crippen molar-refractivity contribution in [1.82, 2.24) is 15.2 Å². The molecule has 3 saturated heterocycles. The minimum Gasteiger partial charge on any atom is -0.467 e. The number of nitrogens with one attached hydrogen (secondary N) is 2. The first kappa shape index (κ1) is 21.6. The lowest BCUT2D eigenvalue weighted by atomic mass is 9.70. The molecule has 1 aromatic carbocycles. The van der Waals surface area contributed by atoms with Crippen LogP contribution in [0.5, 0.6) is 0 Å². The van der Waals surface area contributed by atoms with E-state index in [0.29, 0.717) is 18.7 Å². The third-order valence-corrected chi connectivity index (χ3v) is 8.62. The maximum Gasteiger partial charge on any atom is 0.230 e. The van der Waals surface area contributed by atoms with Gasteiger partial charge in [-0.2, -0.15) is 0 Å². The van der Waals surface area contributed by atoms with E-state index in [1.807, 2.05) is 43.5 Å². The summed E-state index contributed by atoms with van der Waals surface area (Å²) in [5.74, 6) is -1.33. The molecule has 2 bridgehead atoms. The van der Waals surface area contributed by atoms with E-state index in [-0.39, 0.29) is 24.0 Å². The molecule has 3 aromatic rings. The minimum absolute atomic E-state index is 0.0764. The molecule has 8 heteroatoms. The highest BCUT2D eigenvalue weighted by atomic mass is 16.5. The number of Topliss-reactive ketones (excluding diaryl/α,β-unsaturated/α-hetero) is 1. The number of hydrogen-bond acceptors (Lipinski definition) is 5. The van der Waals surface area contributed by atoms with E-state index in [4.69, 9.17) is 9.15 Å². The number of carbonyl (C=O) groups excluding carboxylic acids is 3. The quantitative estimate of drug-likeness (QED) is 0.541. The number of furan rings is 1. The molecule has 2 aromatic heterocycles. The molecule has 1 spiro atoms. The molecule has 6 heterocycles. The Morgan fingerprint density at radius 2 is 2.08 bits per heavy atom. The van der Waals surface area contributed by atoms with Crippen LogP contribution in [0.25, 0.3) is 10.9 Å². The molecule has 0 unspecified atom stereocenters. The molecule has 184 valence electrons. The Balaban J connectivity index is 1.15. The first-order valence-electron chi connectivity index (χ1n) is 12.6. The smallest absolute Gasteiger partial charge is 0.230 e. The van der Waals surface area contributed by atoms with E-state index in [2.05, 4.69) is 16.4 Å². The number of benzene rings is 1. The zero-order chi connectivity index (χ0) is 24.6. The number of ketones is 1. The van der Waals surface area contributed by atoms with Gasteiger partial charge in [-0.3, -0.25) is 14.4 Å². The van der Waals surface area contributed by atoms with Gasteiger partial charge in [-0.25, -0.2) is 0 Å². The molecule has 2 amide bonds. The Morgan fingerprint density at radius 1 is 1.22 bits per heavy atom. The van der Waals surface area contributed by atoms with Crippen LogP contribution in [-0.4, -0.2) is 51.8 Å². The number of fused-ring (bicyclic) bond motifs is 3. The summed E-state index contributed by atoms with van der Waals surface area (Å²) in [6.07, 6.45) is 7.75. The highest BCUT2D eigenvalue weighted by Crippen LogP contribution is 2.59. The average molecular weight is 486 g/mol. The fourth-order valence-corrected chi connectivity index (χ4v) is 7.04. The minimum atomic E-state index is -0.971. The fraction of sp³-hybridized carbons (Fsp3) is 0.393. The summed E-state index contributed by atoms with van der Waals surface area (Å²) in [6, 6.07) is 10.7. The predicted molar refractivity (Wildman–Crippen MR) is 130 cm³/mol. The number of ether oxygens (including phenoxy) is 1. The molecule has 0 aliphatic carbocycles. The first-order chi connectivity index (χ1) is 17.5. The molecular weight excluding hydrogens is 458 g/mol. The van der Waals surface area contributed by atoms with E-state index in [9.17, 15) is 14.4 Å². The van der Waals surface area contributed by atoms with Crippen LogP contribution in [0.2, 0.25) is 0 Å². The molecule has 36 heavy (non-hydrogen) atoms. The Bertz CT molecular complexity index is 1410. The van der Waals surface area contributed by atoms with E-state index in [1.165, 1.54) is 0 Å². The summed E-state index contributed by atoms with van der Waals surface area (Å²) >= 11 is 0. The number of para-hydroxylation sites is 1. The number of carbonyl (C=O) groups is 3. The van der Waals surface area contributed by atoms with Gasteiger partial charge in [0.1, 0.15) is 17.1 Å². The van der Waals surface area contributed by atoms with E-state index in [1.54, 1.807) is 23.3 Å². The second-order valence-corrected chi connectivity index (χ2v) is 10.4. The molecular formula is C28H27N3O5. The summed E-state index contributed by atoms with van der Waals surface area (Å²) in [6.45, 7) is 2.32. The number of amides is 2. The largest absolute Gasteiger partial charge is 0.467 e. The van der Waals surface area contributed by atoms with Crippen molar-refractivity contribution in [3.63, 3.8) is 0 Å². The summed E-state index contributed by atoms with van der Waals surface area (Å²) in [4.78, 5) is 45.5. The van der Waals surface area contributed by atoms with Crippen molar-refractivity contribution in [3.8, 4) is 0 Å². The first-order valence-corrected chi connectivity index (χ1v) is 12.6. The second-order valence-electron chi connectivity index (χ2n) is 10.4. The zero-order valence-corrected chi connectivity index (χ0v) is 19.8. The van der Waals surface area contributed by atoms with Crippen LogP contribution in [0.1, 0.15) is 30.7 Å². The van der Waals surface area contributed by atoms with Gasteiger partial charge in [-0.15, -0.1) is 0 Å². The number of rotatable bonds is 5. The van der Waals surface area contributed by atoms with Gasteiger partial charge >= 0.3 is 0 Å². The number of aromatic nitrogens is 1. The van der Waals surface area contributed by atoms with Crippen molar-refractivity contribution in [2.24, 2.45) is 17.8 Å². The molecule has 7 atom stereocenters. The number of H-pyrrole nitrogens is 1. The SMILES string of the molecule is C[C@@H]1C(=O)C[C@H](c2ccco2)N2C(=O)[C@@H]3[C@H](C(=O)NCCc4c[nH]c5ccccc45)[C@@H]4C=C[C@@]3(O4)[C@H]12. The Kier molecular flexibility index (Phi) is 4.61. The molecule has 0 radical (unpaired) electrons. The lowest BCUT2D eigenvalue weighted by molar-refractivity contribution is -0.148. The van der Waals surface area contributed by atoms with Crippen molar-refractivity contribution in [2.45, 2.75) is 43.6 Å². The molecule has 4 aliphatic rings. The van der Waals surface area contributed by atoms with Crippen molar-refractivity contribution in [3.05, 3.63) is 72.3 Å². The normalized spacial score (nSPS) is 34.4. The Labute approximate surface area is 207 Å². The van der Waals surface area contributed by atoms with Gasteiger partial charge in [0, 0.05) is 36.0 Å². The van der Waals surface area contributed by atoms with Gasteiger partial charge in [-0.05, 0) is 30.2 Å². The van der Waals surface area contributed by atoms with Gasteiger partial charge in [-0.1, -0.05) is 37.3 Å². The molecule has 3 fully saturated rings. The summed E-state index contributed by atoms with van der Waals surface area (Å²) in [5, 5.41) is 4.20. The van der Waals surface area contributed by atoms with Crippen molar-refractivity contribution < 1.29 is 23.5 Å². The van der Waals surface area contributed by atoms with Crippen LogP contribution in [0.4, 0.5) is 0 Å². The number of piperidine rings is 1. The number of nitrogens with zero attached hydrogens (tertiary/aromatic N) is 1. The van der Waals surface area contributed by atoms with Crippen molar-refractivity contribution in [2.75, 3.05) is 6.54 Å². The average Bonchev–Trinajstić information content (AvgIpc) is 3.69. The lowest BCUT2D eigenvalue weighted by Gasteiger charge is -2.43. The third-order valence-electron chi connectivity index (χ3n) is 8.62. The summed E-state index contributed by atoms with van der Waals surface area (Å²) in [5.41, 5.74) is 1.23.